The Kier molecular flexibility index (Phi) is 3.11. The predicted octanol–water partition coefficient (Wildman–Crippen LogP) is 4.57. The van der Waals surface area contributed by atoms with E-state index in [9.17, 15) is 14.9 Å². The summed E-state index contributed by atoms with van der Waals surface area (Å²) in [6.45, 7) is 0. The van der Waals surface area contributed by atoms with Crippen LogP contribution < -0.4 is 5.32 Å². The average Bonchev–Trinajstić information content (AvgIpc) is 3.19. The first-order valence-electron chi connectivity index (χ1n) is 8.20. The van der Waals surface area contributed by atoms with Crippen molar-refractivity contribution in [3.8, 4) is 0 Å². The molecule has 7 heteroatoms. The van der Waals surface area contributed by atoms with Crippen LogP contribution in [0.1, 0.15) is 5.56 Å². The van der Waals surface area contributed by atoms with Crippen LogP contribution in [-0.2, 0) is 4.79 Å². The van der Waals surface area contributed by atoms with E-state index in [4.69, 9.17) is 4.42 Å². The van der Waals surface area contributed by atoms with Gasteiger partial charge in [0.25, 0.3) is 11.6 Å². The molecule has 3 aromatic carbocycles. The van der Waals surface area contributed by atoms with Gasteiger partial charge in [0.2, 0.25) is 0 Å². The maximum absolute atomic E-state index is 12.3. The SMILES string of the molecule is O=C1Nc2ccc([N+](=O)[O-])cc2C1=Nc1ccc2oc3ccccc3c2c1. The summed E-state index contributed by atoms with van der Waals surface area (Å²) in [6.07, 6.45) is 0. The van der Waals surface area contributed by atoms with Gasteiger partial charge in [0, 0.05) is 28.5 Å². The van der Waals surface area contributed by atoms with Crippen LogP contribution in [0.25, 0.3) is 21.9 Å². The molecular formula is C20H11N3O4. The van der Waals surface area contributed by atoms with Gasteiger partial charge < -0.3 is 9.73 Å². The Bertz CT molecular complexity index is 1300. The molecular weight excluding hydrogens is 346 g/mol. The fraction of sp³-hybridized carbons (Fsp3) is 0. The second-order valence-electron chi connectivity index (χ2n) is 6.18. The standard InChI is InChI=1S/C20H11N3O4/c24-20-19(15-10-12(23(25)26)6-7-16(15)22-20)21-11-5-8-18-14(9-11)13-3-1-2-4-17(13)27-18/h1-10H,(H,21,22,24). The molecule has 1 amide bonds. The van der Waals surface area contributed by atoms with Crippen LogP contribution in [0.5, 0.6) is 0 Å². The Morgan fingerprint density at radius 3 is 2.63 bits per heavy atom. The molecule has 0 fully saturated rings. The lowest BCUT2D eigenvalue weighted by molar-refractivity contribution is -0.384. The van der Waals surface area contributed by atoms with E-state index in [0.717, 1.165) is 21.9 Å². The summed E-state index contributed by atoms with van der Waals surface area (Å²) >= 11 is 0. The second kappa shape index (κ2) is 5.50. The van der Waals surface area contributed by atoms with E-state index in [1.165, 1.54) is 18.2 Å². The van der Waals surface area contributed by atoms with E-state index < -0.39 is 4.92 Å². The Balaban J connectivity index is 1.67. The maximum Gasteiger partial charge on any atom is 0.275 e. The molecule has 0 radical (unpaired) electrons. The van der Waals surface area contributed by atoms with Crippen LogP contribution in [0.3, 0.4) is 0 Å². The number of non-ortho nitro benzene ring substituents is 1. The van der Waals surface area contributed by atoms with Crippen molar-refractivity contribution in [3.05, 3.63) is 76.3 Å². The Morgan fingerprint density at radius 2 is 1.78 bits per heavy atom. The van der Waals surface area contributed by atoms with Crippen LogP contribution >= 0.6 is 0 Å². The third-order valence-corrected chi connectivity index (χ3v) is 4.53. The topological polar surface area (TPSA) is 97.7 Å². The van der Waals surface area contributed by atoms with E-state index in [2.05, 4.69) is 10.3 Å². The highest BCUT2D eigenvalue weighted by Crippen LogP contribution is 2.33. The Hall–Kier alpha value is -4.00. The molecule has 130 valence electrons. The zero-order valence-corrected chi connectivity index (χ0v) is 13.8. The number of anilines is 1. The third-order valence-electron chi connectivity index (χ3n) is 4.53. The van der Waals surface area contributed by atoms with Crippen molar-refractivity contribution < 1.29 is 14.1 Å². The first-order chi connectivity index (χ1) is 13.1. The molecule has 0 unspecified atom stereocenters. The van der Waals surface area contributed by atoms with Crippen molar-refractivity contribution in [3.63, 3.8) is 0 Å². The van der Waals surface area contributed by atoms with E-state index in [-0.39, 0.29) is 17.3 Å². The molecule has 27 heavy (non-hydrogen) atoms. The van der Waals surface area contributed by atoms with Gasteiger partial charge in [0.05, 0.1) is 16.3 Å². The van der Waals surface area contributed by atoms with Crippen LogP contribution in [0, 0.1) is 10.1 Å². The smallest absolute Gasteiger partial charge is 0.275 e. The summed E-state index contributed by atoms with van der Waals surface area (Å²) in [4.78, 5) is 27.3. The third kappa shape index (κ3) is 2.36. The lowest BCUT2D eigenvalue weighted by atomic mass is 10.1. The number of carbonyl (C=O) groups excluding carboxylic acids is 1. The van der Waals surface area contributed by atoms with Crippen molar-refractivity contribution in [2.45, 2.75) is 0 Å². The molecule has 2 heterocycles. The molecule has 7 nitrogen and oxygen atoms in total. The highest BCUT2D eigenvalue weighted by atomic mass is 16.6. The van der Waals surface area contributed by atoms with E-state index >= 15 is 0 Å². The largest absolute Gasteiger partial charge is 0.456 e. The zero-order chi connectivity index (χ0) is 18.5. The van der Waals surface area contributed by atoms with Gasteiger partial charge in [-0.05, 0) is 30.3 Å². The molecule has 0 bridgehead atoms. The normalized spacial score (nSPS) is 14.7. The van der Waals surface area contributed by atoms with Gasteiger partial charge in [0.1, 0.15) is 16.9 Å². The number of hydrogen-bond donors (Lipinski definition) is 1. The summed E-state index contributed by atoms with van der Waals surface area (Å²) in [5.41, 5.74) is 3.07. The number of nitrogens with one attached hydrogen (secondary N) is 1. The number of amides is 1. The minimum absolute atomic E-state index is 0.0887. The second-order valence-corrected chi connectivity index (χ2v) is 6.18. The average molecular weight is 357 g/mol. The first kappa shape index (κ1) is 15.3. The number of fused-ring (bicyclic) bond motifs is 4. The fourth-order valence-electron chi connectivity index (χ4n) is 3.28. The number of aliphatic imine (C=N–C) groups is 1. The minimum Gasteiger partial charge on any atom is -0.456 e. The predicted molar refractivity (Wildman–Crippen MR) is 102 cm³/mol. The van der Waals surface area contributed by atoms with Crippen molar-refractivity contribution in [2.75, 3.05) is 5.32 Å². The van der Waals surface area contributed by atoms with Crippen LogP contribution in [0.2, 0.25) is 0 Å². The molecule has 1 aliphatic heterocycles. The maximum atomic E-state index is 12.3. The van der Waals surface area contributed by atoms with Crippen molar-refractivity contribution >= 4 is 50.6 Å². The molecule has 5 rings (SSSR count). The summed E-state index contributed by atoms with van der Waals surface area (Å²) < 4.78 is 5.79. The monoisotopic (exact) mass is 357 g/mol. The highest BCUT2D eigenvalue weighted by molar-refractivity contribution is 6.54. The van der Waals surface area contributed by atoms with Crippen LogP contribution in [0.4, 0.5) is 17.1 Å². The van der Waals surface area contributed by atoms with Gasteiger partial charge >= 0.3 is 0 Å². The van der Waals surface area contributed by atoms with Crippen molar-refractivity contribution in [1.82, 2.24) is 0 Å². The number of nitro benzene ring substituents is 1. The van der Waals surface area contributed by atoms with Gasteiger partial charge in [0.15, 0.2) is 0 Å². The number of furan rings is 1. The lowest BCUT2D eigenvalue weighted by Gasteiger charge is -1.99. The van der Waals surface area contributed by atoms with Crippen LogP contribution in [-0.4, -0.2) is 16.5 Å². The molecule has 4 aromatic rings. The number of para-hydroxylation sites is 1. The lowest BCUT2D eigenvalue weighted by Crippen LogP contribution is -2.13. The van der Waals surface area contributed by atoms with Gasteiger partial charge in [-0.25, -0.2) is 4.99 Å². The summed E-state index contributed by atoms with van der Waals surface area (Å²) in [7, 11) is 0. The minimum atomic E-state index is -0.496. The van der Waals surface area contributed by atoms with Crippen molar-refractivity contribution in [1.29, 1.82) is 0 Å². The summed E-state index contributed by atoms with van der Waals surface area (Å²) in [5.74, 6) is -0.386. The number of nitrogens with zero attached hydrogens (tertiary/aromatic N) is 2. The summed E-state index contributed by atoms with van der Waals surface area (Å²) in [5, 5.41) is 15.6. The molecule has 0 spiro atoms. The summed E-state index contributed by atoms with van der Waals surface area (Å²) in [6, 6.07) is 17.3. The first-order valence-corrected chi connectivity index (χ1v) is 8.20. The number of benzene rings is 3. The molecule has 0 saturated carbocycles. The molecule has 0 atom stereocenters. The molecule has 1 aromatic heterocycles. The quantitative estimate of drug-likeness (QED) is 0.420. The Morgan fingerprint density at radius 1 is 0.963 bits per heavy atom. The van der Waals surface area contributed by atoms with Crippen molar-refractivity contribution in [2.24, 2.45) is 4.99 Å². The van der Waals surface area contributed by atoms with Crippen LogP contribution in [0.15, 0.2) is 70.1 Å². The molecule has 1 aliphatic rings. The number of hydrogen-bond acceptors (Lipinski definition) is 5. The Labute approximate surface area is 152 Å². The van der Waals surface area contributed by atoms with Gasteiger partial charge in [-0.2, -0.15) is 0 Å². The van der Waals surface area contributed by atoms with Gasteiger partial charge in [-0.15, -0.1) is 0 Å². The molecule has 0 aliphatic carbocycles. The van der Waals surface area contributed by atoms with E-state index in [0.29, 0.717) is 16.9 Å². The number of nitro groups is 1. The van der Waals surface area contributed by atoms with Gasteiger partial charge in [-0.1, -0.05) is 18.2 Å². The number of rotatable bonds is 2. The molecule has 1 N–H and O–H groups in total. The van der Waals surface area contributed by atoms with E-state index in [1.54, 1.807) is 12.1 Å². The fourth-order valence-corrected chi connectivity index (χ4v) is 3.28. The van der Waals surface area contributed by atoms with E-state index in [1.807, 2.05) is 30.3 Å². The highest BCUT2D eigenvalue weighted by Gasteiger charge is 2.28. The zero-order valence-electron chi connectivity index (χ0n) is 13.8. The van der Waals surface area contributed by atoms with Gasteiger partial charge in [-0.3, -0.25) is 14.9 Å². The number of carbonyl (C=O) groups is 1. The molecule has 0 saturated heterocycles.